The molecule has 1 saturated heterocycles. The molecular formula is C24H30N4O7. The Kier molecular flexibility index (Phi) is 7.30. The lowest BCUT2D eigenvalue weighted by Crippen LogP contribution is -2.60. The fraction of sp³-hybridized carbons (Fsp3) is 0.458. The van der Waals surface area contributed by atoms with Crippen LogP contribution in [0.5, 0.6) is 11.6 Å². The lowest BCUT2D eigenvalue weighted by Gasteiger charge is -2.41. The van der Waals surface area contributed by atoms with Crippen LogP contribution in [-0.2, 0) is 22.1 Å². The van der Waals surface area contributed by atoms with E-state index in [1.165, 1.54) is 28.6 Å². The fourth-order valence-electron chi connectivity index (χ4n) is 3.69. The van der Waals surface area contributed by atoms with E-state index in [-0.39, 0.29) is 17.9 Å². The molecule has 35 heavy (non-hydrogen) atoms. The number of piperazine rings is 1. The second-order valence-corrected chi connectivity index (χ2v) is 9.44. The lowest BCUT2D eigenvalue weighted by atomic mass is 9.97. The van der Waals surface area contributed by atoms with Crippen LogP contribution in [0.25, 0.3) is 0 Å². The van der Waals surface area contributed by atoms with Gasteiger partial charge in [0.25, 0.3) is 11.6 Å². The molecule has 0 aliphatic carbocycles. The first-order valence-corrected chi connectivity index (χ1v) is 11.1. The van der Waals surface area contributed by atoms with Crippen molar-refractivity contribution in [3.05, 3.63) is 52.1 Å². The van der Waals surface area contributed by atoms with Gasteiger partial charge in [0.2, 0.25) is 0 Å². The number of esters is 2. The molecule has 1 aliphatic rings. The predicted molar refractivity (Wildman–Crippen MR) is 125 cm³/mol. The van der Waals surface area contributed by atoms with E-state index in [2.05, 4.69) is 10.3 Å². The van der Waals surface area contributed by atoms with Crippen molar-refractivity contribution in [3.63, 3.8) is 0 Å². The second-order valence-electron chi connectivity index (χ2n) is 9.44. The van der Waals surface area contributed by atoms with Crippen molar-refractivity contribution in [2.75, 3.05) is 19.6 Å². The van der Waals surface area contributed by atoms with Crippen LogP contribution in [0.1, 0.15) is 50.8 Å². The minimum Gasteiger partial charge on any atom is -0.444 e. The first-order chi connectivity index (χ1) is 16.3. The van der Waals surface area contributed by atoms with Crippen molar-refractivity contribution in [2.24, 2.45) is 7.05 Å². The van der Waals surface area contributed by atoms with Gasteiger partial charge in [-0.3, -0.25) is 14.2 Å². The molecule has 1 aromatic carbocycles. The fourth-order valence-corrected chi connectivity index (χ4v) is 3.69. The molecule has 0 radical (unpaired) electrons. The predicted octanol–water partition coefficient (Wildman–Crippen LogP) is 1.98. The zero-order valence-corrected chi connectivity index (χ0v) is 20.7. The molecule has 188 valence electrons. The summed E-state index contributed by atoms with van der Waals surface area (Å²) in [5.41, 5.74) is -2.19. The maximum Gasteiger partial charge on any atom is 0.410 e. The minimum absolute atomic E-state index is 0.130. The van der Waals surface area contributed by atoms with E-state index in [1.807, 2.05) is 0 Å². The molecule has 2 aromatic rings. The van der Waals surface area contributed by atoms with Gasteiger partial charge in [-0.1, -0.05) is 18.2 Å². The van der Waals surface area contributed by atoms with Crippen LogP contribution in [0.4, 0.5) is 4.79 Å². The summed E-state index contributed by atoms with van der Waals surface area (Å²) >= 11 is 0. The van der Waals surface area contributed by atoms with E-state index < -0.39 is 46.4 Å². The highest BCUT2D eigenvalue weighted by atomic mass is 16.6. The summed E-state index contributed by atoms with van der Waals surface area (Å²) in [4.78, 5) is 56.2. The van der Waals surface area contributed by atoms with Gasteiger partial charge < -0.3 is 24.4 Å². The third-order valence-electron chi connectivity index (χ3n) is 5.21. The Bertz CT molecular complexity index is 1190. The molecule has 1 fully saturated rings. The monoisotopic (exact) mass is 486 g/mol. The van der Waals surface area contributed by atoms with Gasteiger partial charge in [-0.05, 0) is 39.8 Å². The van der Waals surface area contributed by atoms with Gasteiger partial charge in [0.1, 0.15) is 11.4 Å². The van der Waals surface area contributed by atoms with Crippen LogP contribution in [0.15, 0.2) is 35.1 Å². The van der Waals surface area contributed by atoms with Crippen molar-refractivity contribution in [1.29, 1.82) is 0 Å². The number of carbonyl (C=O) groups excluding carboxylic acids is 3. The molecule has 3 rings (SSSR count). The summed E-state index contributed by atoms with van der Waals surface area (Å²) in [5.74, 6) is -2.30. The summed E-state index contributed by atoms with van der Waals surface area (Å²) in [6.07, 6.45) is -0.496. The molecule has 1 N–H and O–H groups in total. The third-order valence-corrected chi connectivity index (χ3v) is 5.21. The summed E-state index contributed by atoms with van der Waals surface area (Å²) in [7, 11) is 1.46. The number of ether oxygens (including phenoxy) is 3. The van der Waals surface area contributed by atoms with Crippen LogP contribution in [0.2, 0.25) is 0 Å². The largest absolute Gasteiger partial charge is 0.444 e. The van der Waals surface area contributed by atoms with Gasteiger partial charge in [0.05, 0.1) is 11.1 Å². The minimum atomic E-state index is -1.00. The van der Waals surface area contributed by atoms with Crippen molar-refractivity contribution >= 4 is 18.0 Å². The summed E-state index contributed by atoms with van der Waals surface area (Å²) < 4.78 is 17.2. The highest BCUT2D eigenvalue weighted by molar-refractivity contribution is 5.91. The molecule has 1 unspecified atom stereocenters. The Hall–Kier alpha value is -3.73. The Labute approximate surface area is 203 Å². The lowest BCUT2D eigenvalue weighted by molar-refractivity contribution is -0.132. The Morgan fingerprint density at radius 3 is 2.37 bits per heavy atom. The third kappa shape index (κ3) is 6.04. The van der Waals surface area contributed by atoms with Gasteiger partial charge in [-0.25, -0.2) is 9.59 Å². The molecule has 1 atom stereocenters. The number of hydrogen-bond donors (Lipinski definition) is 1. The van der Waals surface area contributed by atoms with E-state index in [4.69, 9.17) is 14.2 Å². The quantitative estimate of drug-likeness (QED) is 0.645. The average Bonchev–Trinajstić information content (AvgIpc) is 2.77. The number of aromatic nitrogens is 2. The highest BCUT2D eigenvalue weighted by Gasteiger charge is 2.40. The van der Waals surface area contributed by atoms with E-state index in [0.29, 0.717) is 13.1 Å². The van der Waals surface area contributed by atoms with Crippen molar-refractivity contribution in [1.82, 2.24) is 19.8 Å². The van der Waals surface area contributed by atoms with Crippen LogP contribution >= 0.6 is 0 Å². The number of carbonyl (C=O) groups is 3. The van der Waals surface area contributed by atoms with Crippen LogP contribution < -0.4 is 20.3 Å². The number of benzene rings is 1. The Balaban J connectivity index is 2.00. The normalized spacial score (nSPS) is 18.1. The van der Waals surface area contributed by atoms with Gasteiger partial charge in [-0.15, -0.1) is 0 Å². The van der Waals surface area contributed by atoms with Crippen molar-refractivity contribution in [2.45, 2.75) is 45.8 Å². The number of hydrogen-bond acceptors (Lipinski definition) is 9. The van der Waals surface area contributed by atoms with Crippen LogP contribution in [0, 0.1) is 0 Å². The van der Waals surface area contributed by atoms with E-state index >= 15 is 0 Å². The maximum absolute atomic E-state index is 13.3. The van der Waals surface area contributed by atoms with Crippen LogP contribution in [-0.4, -0.2) is 57.7 Å². The van der Waals surface area contributed by atoms with Crippen molar-refractivity contribution < 1.29 is 28.6 Å². The van der Waals surface area contributed by atoms with Gasteiger partial charge in [-0.2, -0.15) is 4.98 Å². The summed E-state index contributed by atoms with van der Waals surface area (Å²) in [6.45, 7) is 9.16. The maximum atomic E-state index is 13.3. The first kappa shape index (κ1) is 25.9. The standard InChI is InChI=1S/C24H30N4O7/c1-15(29)33-18-17(34-20(31)16-10-8-7-9-11-16)19(30)27(6)21(26-18)24(5)14-28(13-12-25-24)22(32)35-23(2,3)4/h7-11,25H,12-14H2,1-6H3. The van der Waals surface area contributed by atoms with Crippen molar-refractivity contribution in [3.8, 4) is 11.6 Å². The molecule has 2 heterocycles. The topological polar surface area (TPSA) is 129 Å². The van der Waals surface area contributed by atoms with Gasteiger partial charge >= 0.3 is 23.6 Å². The number of amides is 1. The molecular weight excluding hydrogens is 456 g/mol. The van der Waals surface area contributed by atoms with Gasteiger partial charge in [0.15, 0.2) is 0 Å². The van der Waals surface area contributed by atoms with E-state index in [1.54, 1.807) is 45.9 Å². The van der Waals surface area contributed by atoms with Gasteiger partial charge in [0, 0.05) is 33.6 Å². The second kappa shape index (κ2) is 9.87. The molecule has 1 aromatic heterocycles. The highest BCUT2D eigenvalue weighted by Crippen LogP contribution is 2.29. The molecule has 0 saturated carbocycles. The zero-order chi connectivity index (χ0) is 26.0. The Morgan fingerprint density at radius 2 is 1.77 bits per heavy atom. The Morgan fingerprint density at radius 1 is 1.11 bits per heavy atom. The summed E-state index contributed by atoms with van der Waals surface area (Å²) in [5, 5.41) is 3.27. The molecule has 11 heteroatoms. The first-order valence-electron chi connectivity index (χ1n) is 11.1. The SMILES string of the molecule is CC(=O)Oc1nc(C2(C)CN(C(=O)OC(C)(C)C)CCN2)n(C)c(=O)c1OC(=O)c1ccccc1. The zero-order valence-electron chi connectivity index (χ0n) is 20.7. The molecule has 1 aliphatic heterocycles. The molecule has 0 spiro atoms. The molecule has 11 nitrogen and oxygen atoms in total. The number of nitrogens with one attached hydrogen (secondary N) is 1. The molecule has 1 amide bonds. The van der Waals surface area contributed by atoms with E-state index in [0.717, 1.165) is 6.92 Å². The van der Waals surface area contributed by atoms with E-state index in [9.17, 15) is 19.2 Å². The number of rotatable bonds is 4. The number of nitrogens with zero attached hydrogens (tertiary/aromatic N) is 3. The molecule has 0 bridgehead atoms. The average molecular weight is 487 g/mol. The summed E-state index contributed by atoms with van der Waals surface area (Å²) in [6, 6.07) is 8.08. The smallest absolute Gasteiger partial charge is 0.410 e. The van der Waals surface area contributed by atoms with Crippen LogP contribution in [0.3, 0.4) is 0 Å².